The molecule has 23 heavy (non-hydrogen) atoms. The first kappa shape index (κ1) is 13.8. The van der Waals surface area contributed by atoms with Crippen molar-refractivity contribution in [2.24, 2.45) is 0 Å². The third-order valence-electron chi connectivity index (χ3n) is 3.73. The van der Waals surface area contributed by atoms with E-state index in [1.807, 2.05) is 0 Å². The first-order chi connectivity index (χ1) is 11.0. The molecule has 0 saturated carbocycles. The van der Waals surface area contributed by atoms with Crippen molar-refractivity contribution >= 4 is 38.3 Å². The molecule has 8 heteroatoms. The number of para-hydroxylation sites is 1. The number of halogens is 1. The maximum atomic E-state index is 12.7. The van der Waals surface area contributed by atoms with Crippen LogP contribution >= 0.6 is 15.9 Å². The molecule has 0 atom stereocenters. The third kappa shape index (κ3) is 1.78. The lowest BCUT2D eigenvalue weighted by atomic mass is 10.1. The van der Waals surface area contributed by atoms with Gasteiger partial charge in [0.05, 0.1) is 27.1 Å². The highest BCUT2D eigenvalue weighted by Gasteiger charge is 2.32. The summed E-state index contributed by atoms with van der Waals surface area (Å²) >= 11 is 3.31. The molecule has 112 valence electrons. The lowest BCUT2D eigenvalue weighted by Gasteiger charge is -2.06. The largest absolute Gasteiger partial charge is 0.285 e. The van der Waals surface area contributed by atoms with Gasteiger partial charge in [-0.2, -0.15) is 0 Å². The standard InChI is InChI=1S/C15H6BrN3O4/c16-10-3-1-2-8-12(10)17-14-13(20)9-6-7(19(22)23)4-5-11(9)18(14)15(8)21/h1-6H. The average Bonchev–Trinajstić information content (AvgIpc) is 2.81. The number of carbonyl (C=O) groups excluding carboxylic acids is 1. The van der Waals surface area contributed by atoms with Crippen LogP contribution in [0, 0.1) is 10.1 Å². The van der Waals surface area contributed by atoms with Crippen molar-refractivity contribution in [2.75, 3.05) is 0 Å². The molecule has 0 fully saturated rings. The first-order valence-corrected chi connectivity index (χ1v) is 7.33. The van der Waals surface area contributed by atoms with Crippen LogP contribution < -0.4 is 5.56 Å². The van der Waals surface area contributed by atoms with E-state index < -0.39 is 10.7 Å². The van der Waals surface area contributed by atoms with Crippen LogP contribution in [-0.4, -0.2) is 20.3 Å². The molecule has 4 rings (SSSR count). The predicted molar refractivity (Wildman–Crippen MR) is 85.1 cm³/mol. The molecule has 2 heterocycles. The second-order valence-electron chi connectivity index (χ2n) is 5.00. The SMILES string of the molecule is O=C1c2cc([N+](=O)[O-])ccc2-n2c1nc1c(Br)cccc1c2=O. The lowest BCUT2D eigenvalue weighted by molar-refractivity contribution is -0.384. The summed E-state index contributed by atoms with van der Waals surface area (Å²) in [5, 5.41) is 11.2. The molecule has 0 N–H and O–H groups in total. The smallest absolute Gasteiger partial charge is 0.270 e. The second-order valence-corrected chi connectivity index (χ2v) is 5.85. The fraction of sp³-hybridized carbons (Fsp3) is 0. The van der Waals surface area contributed by atoms with E-state index in [9.17, 15) is 19.7 Å². The highest BCUT2D eigenvalue weighted by Crippen LogP contribution is 2.30. The van der Waals surface area contributed by atoms with Gasteiger partial charge in [-0.05, 0) is 34.1 Å². The average molecular weight is 372 g/mol. The molecule has 2 aromatic carbocycles. The summed E-state index contributed by atoms with van der Waals surface area (Å²) in [6.45, 7) is 0. The number of fused-ring (bicyclic) bond motifs is 4. The number of hydrogen-bond donors (Lipinski definition) is 0. The van der Waals surface area contributed by atoms with Gasteiger partial charge in [0.15, 0.2) is 5.82 Å². The number of rotatable bonds is 1. The number of hydrogen-bond acceptors (Lipinski definition) is 5. The van der Waals surface area contributed by atoms with Crippen molar-refractivity contribution < 1.29 is 9.72 Å². The van der Waals surface area contributed by atoms with Crippen molar-refractivity contribution in [2.45, 2.75) is 0 Å². The Morgan fingerprint density at radius 2 is 1.96 bits per heavy atom. The molecule has 0 spiro atoms. The second kappa shape index (κ2) is 4.56. The summed E-state index contributed by atoms with van der Waals surface area (Å²) in [5.74, 6) is -0.539. The van der Waals surface area contributed by atoms with Crippen LogP contribution in [0.15, 0.2) is 45.7 Å². The molecule has 0 saturated heterocycles. The minimum Gasteiger partial charge on any atom is -0.285 e. The van der Waals surface area contributed by atoms with Gasteiger partial charge in [-0.1, -0.05) is 6.07 Å². The number of nitrogens with zero attached hydrogens (tertiary/aromatic N) is 3. The van der Waals surface area contributed by atoms with Gasteiger partial charge in [-0.25, -0.2) is 4.98 Å². The Bertz CT molecular complexity index is 1100. The van der Waals surface area contributed by atoms with Gasteiger partial charge in [-0.3, -0.25) is 24.3 Å². The van der Waals surface area contributed by atoms with Gasteiger partial charge < -0.3 is 0 Å². The van der Waals surface area contributed by atoms with E-state index in [0.717, 1.165) is 0 Å². The van der Waals surface area contributed by atoms with Crippen molar-refractivity contribution in [3.05, 3.63) is 72.7 Å². The fourth-order valence-electron chi connectivity index (χ4n) is 2.68. The molecule has 0 radical (unpaired) electrons. The number of ketones is 1. The highest BCUT2D eigenvalue weighted by atomic mass is 79.9. The van der Waals surface area contributed by atoms with Crippen LogP contribution in [0.2, 0.25) is 0 Å². The van der Waals surface area contributed by atoms with Crippen LogP contribution in [0.1, 0.15) is 16.2 Å². The zero-order valence-corrected chi connectivity index (χ0v) is 12.9. The topological polar surface area (TPSA) is 95.1 Å². The summed E-state index contributed by atoms with van der Waals surface area (Å²) in [6.07, 6.45) is 0. The summed E-state index contributed by atoms with van der Waals surface area (Å²) in [7, 11) is 0. The molecular weight excluding hydrogens is 366 g/mol. The summed E-state index contributed by atoms with van der Waals surface area (Å²) in [6, 6.07) is 8.88. The van der Waals surface area contributed by atoms with E-state index in [-0.39, 0.29) is 22.6 Å². The Labute approximate surface area is 136 Å². The summed E-state index contributed by atoms with van der Waals surface area (Å²) in [5.41, 5.74) is 0.223. The monoisotopic (exact) mass is 371 g/mol. The minimum atomic E-state index is -0.583. The number of nitro benzene ring substituents is 1. The molecule has 1 aliphatic rings. The molecule has 0 unspecified atom stereocenters. The highest BCUT2D eigenvalue weighted by molar-refractivity contribution is 9.10. The van der Waals surface area contributed by atoms with E-state index >= 15 is 0 Å². The predicted octanol–water partition coefficient (Wildman–Crippen LogP) is 2.60. The van der Waals surface area contributed by atoms with E-state index in [4.69, 9.17) is 0 Å². The molecule has 0 aliphatic carbocycles. The molecule has 1 aromatic heterocycles. The minimum absolute atomic E-state index is 0.0371. The number of non-ortho nitro benzene ring substituents is 1. The maximum Gasteiger partial charge on any atom is 0.270 e. The molecule has 7 nitrogen and oxygen atoms in total. The van der Waals surface area contributed by atoms with Crippen LogP contribution in [0.5, 0.6) is 0 Å². The van der Waals surface area contributed by atoms with E-state index in [0.29, 0.717) is 21.1 Å². The lowest BCUT2D eigenvalue weighted by Crippen LogP contribution is -2.21. The van der Waals surface area contributed by atoms with E-state index in [2.05, 4.69) is 20.9 Å². The number of carbonyl (C=O) groups is 1. The number of aromatic nitrogens is 2. The maximum absolute atomic E-state index is 12.7. The van der Waals surface area contributed by atoms with Crippen molar-refractivity contribution in [3.8, 4) is 5.69 Å². The van der Waals surface area contributed by atoms with Crippen LogP contribution in [-0.2, 0) is 0 Å². The Morgan fingerprint density at radius 3 is 2.70 bits per heavy atom. The third-order valence-corrected chi connectivity index (χ3v) is 4.37. The van der Waals surface area contributed by atoms with Crippen molar-refractivity contribution in [1.82, 2.24) is 9.55 Å². The Morgan fingerprint density at radius 1 is 1.17 bits per heavy atom. The van der Waals surface area contributed by atoms with E-state index in [1.165, 1.54) is 22.8 Å². The summed E-state index contributed by atoms with van der Waals surface area (Å²) in [4.78, 5) is 39.8. The molecule has 1 aliphatic heterocycles. The summed E-state index contributed by atoms with van der Waals surface area (Å²) < 4.78 is 1.81. The van der Waals surface area contributed by atoms with Crippen LogP contribution in [0.4, 0.5) is 5.69 Å². The van der Waals surface area contributed by atoms with Gasteiger partial charge in [0.2, 0.25) is 5.78 Å². The fourth-order valence-corrected chi connectivity index (χ4v) is 3.14. The number of nitro groups is 1. The van der Waals surface area contributed by atoms with Gasteiger partial charge in [0.25, 0.3) is 11.2 Å². The first-order valence-electron chi connectivity index (χ1n) is 6.54. The van der Waals surface area contributed by atoms with Gasteiger partial charge >= 0.3 is 0 Å². The normalized spacial score (nSPS) is 12.3. The van der Waals surface area contributed by atoms with Gasteiger partial charge in [0, 0.05) is 16.6 Å². The van der Waals surface area contributed by atoms with Gasteiger partial charge in [0.1, 0.15) is 0 Å². The van der Waals surface area contributed by atoms with Crippen LogP contribution in [0.3, 0.4) is 0 Å². The molecule has 0 bridgehead atoms. The molecule has 3 aromatic rings. The van der Waals surface area contributed by atoms with Gasteiger partial charge in [-0.15, -0.1) is 0 Å². The zero-order valence-electron chi connectivity index (χ0n) is 11.3. The molecular formula is C15H6BrN3O4. The molecule has 0 amide bonds. The van der Waals surface area contributed by atoms with E-state index in [1.54, 1.807) is 18.2 Å². The number of benzene rings is 2. The Kier molecular flexibility index (Phi) is 2.73. The van der Waals surface area contributed by atoms with Crippen LogP contribution in [0.25, 0.3) is 16.6 Å². The van der Waals surface area contributed by atoms with Crippen molar-refractivity contribution in [1.29, 1.82) is 0 Å². The van der Waals surface area contributed by atoms with Crippen molar-refractivity contribution in [3.63, 3.8) is 0 Å². The quantitative estimate of drug-likeness (QED) is 0.378. The Balaban J connectivity index is 2.11. The Hall–Kier alpha value is -2.87. The zero-order chi connectivity index (χ0) is 16.3.